The monoisotopic (exact) mass is 273 g/mol. The molecule has 1 N–H and O–H groups in total. The number of fused-ring (bicyclic) bond motifs is 3. The van der Waals surface area contributed by atoms with E-state index in [1.54, 1.807) is 0 Å². The number of nitrogens with zero attached hydrogens (tertiary/aromatic N) is 2. The molecule has 110 valence electrons. The molecule has 2 aliphatic rings. The van der Waals surface area contributed by atoms with Crippen LogP contribution >= 0.6 is 0 Å². The smallest absolute Gasteiger partial charge is 0.130 e. The minimum atomic E-state index is 0.312. The van der Waals surface area contributed by atoms with Crippen molar-refractivity contribution in [3.63, 3.8) is 0 Å². The van der Waals surface area contributed by atoms with Crippen molar-refractivity contribution in [2.24, 2.45) is 11.3 Å². The number of hydrogen-bond donors (Lipinski definition) is 1. The Labute approximate surface area is 122 Å². The molecule has 0 aliphatic carbocycles. The Morgan fingerprint density at radius 3 is 2.65 bits per heavy atom. The van der Waals surface area contributed by atoms with Crippen LogP contribution in [0.3, 0.4) is 0 Å². The highest BCUT2D eigenvalue weighted by molar-refractivity contribution is 5.55. The molecule has 20 heavy (non-hydrogen) atoms. The fraction of sp³-hybridized carbons (Fsp3) is 0.706. The van der Waals surface area contributed by atoms with Gasteiger partial charge in [0.05, 0.1) is 6.17 Å². The third kappa shape index (κ3) is 1.86. The van der Waals surface area contributed by atoms with Gasteiger partial charge in [0, 0.05) is 23.7 Å². The number of hydrogen-bond acceptors (Lipinski definition) is 3. The first-order valence-electron chi connectivity index (χ1n) is 7.96. The Morgan fingerprint density at radius 1 is 1.30 bits per heavy atom. The van der Waals surface area contributed by atoms with Crippen LogP contribution in [0.4, 0.5) is 5.82 Å². The summed E-state index contributed by atoms with van der Waals surface area (Å²) in [6, 6.07) is 5.01. The second-order valence-corrected chi connectivity index (χ2v) is 7.25. The zero-order valence-electron chi connectivity index (χ0n) is 13.4. The summed E-state index contributed by atoms with van der Waals surface area (Å²) < 4.78 is 0. The van der Waals surface area contributed by atoms with Crippen LogP contribution in [0.1, 0.15) is 52.5 Å². The predicted molar refractivity (Wildman–Crippen MR) is 83.8 cm³/mol. The molecular formula is C17H27N3. The molecule has 0 amide bonds. The van der Waals surface area contributed by atoms with Crippen molar-refractivity contribution in [3.8, 4) is 0 Å². The Kier molecular flexibility index (Phi) is 3.28. The number of likely N-dealkylation sites (N-methyl/N-ethyl adjacent to an activating group) is 1. The Bertz CT molecular complexity index is 491. The SMILES string of the molecule is CCC1C(C(C)(C)C)C2c3cccnc3NC2N1CC. The minimum Gasteiger partial charge on any atom is -0.354 e. The van der Waals surface area contributed by atoms with E-state index in [0.717, 1.165) is 12.4 Å². The number of likely N-dealkylation sites (tertiary alicyclic amines) is 1. The molecule has 1 saturated heterocycles. The van der Waals surface area contributed by atoms with Crippen LogP contribution in [0.2, 0.25) is 0 Å². The average Bonchev–Trinajstić information content (AvgIpc) is 2.90. The molecule has 3 nitrogen and oxygen atoms in total. The number of rotatable bonds is 2. The van der Waals surface area contributed by atoms with Crippen molar-refractivity contribution in [3.05, 3.63) is 23.9 Å². The van der Waals surface area contributed by atoms with E-state index < -0.39 is 0 Å². The molecule has 0 aromatic carbocycles. The van der Waals surface area contributed by atoms with Gasteiger partial charge in [-0.05, 0) is 30.4 Å². The Balaban J connectivity index is 2.08. The number of nitrogens with one attached hydrogen (secondary N) is 1. The molecule has 1 aromatic heterocycles. The van der Waals surface area contributed by atoms with Gasteiger partial charge in [-0.2, -0.15) is 0 Å². The molecule has 3 heterocycles. The van der Waals surface area contributed by atoms with Gasteiger partial charge in [0.2, 0.25) is 0 Å². The van der Waals surface area contributed by atoms with E-state index >= 15 is 0 Å². The van der Waals surface area contributed by atoms with Gasteiger partial charge in [0.25, 0.3) is 0 Å². The standard InChI is InChI=1S/C17H27N3/c1-6-12-14(17(3,4)5)13-11-9-8-10-18-15(11)19-16(13)20(12)7-2/h8-10,12-14,16H,6-7H2,1-5H3,(H,18,19). The van der Waals surface area contributed by atoms with E-state index in [1.807, 2.05) is 6.20 Å². The minimum absolute atomic E-state index is 0.312. The molecule has 0 saturated carbocycles. The number of pyridine rings is 1. The highest BCUT2D eigenvalue weighted by atomic mass is 15.3. The quantitative estimate of drug-likeness (QED) is 0.890. The molecule has 3 heteroatoms. The Morgan fingerprint density at radius 2 is 2.05 bits per heavy atom. The summed E-state index contributed by atoms with van der Waals surface area (Å²) in [5.74, 6) is 2.35. The lowest BCUT2D eigenvalue weighted by molar-refractivity contribution is 0.139. The van der Waals surface area contributed by atoms with Gasteiger partial charge in [0.15, 0.2) is 0 Å². The maximum absolute atomic E-state index is 4.54. The molecule has 4 unspecified atom stereocenters. The molecule has 4 atom stereocenters. The summed E-state index contributed by atoms with van der Waals surface area (Å²) in [7, 11) is 0. The summed E-state index contributed by atoms with van der Waals surface area (Å²) in [6.45, 7) is 12.9. The van der Waals surface area contributed by atoms with Crippen LogP contribution in [-0.2, 0) is 0 Å². The largest absolute Gasteiger partial charge is 0.354 e. The lowest BCUT2D eigenvalue weighted by Gasteiger charge is -2.37. The van der Waals surface area contributed by atoms with E-state index in [0.29, 0.717) is 29.5 Å². The van der Waals surface area contributed by atoms with Gasteiger partial charge in [-0.15, -0.1) is 0 Å². The molecule has 1 fully saturated rings. The lowest BCUT2D eigenvalue weighted by atomic mass is 9.69. The molecule has 0 bridgehead atoms. The van der Waals surface area contributed by atoms with E-state index in [2.05, 4.69) is 62.0 Å². The third-order valence-corrected chi connectivity index (χ3v) is 5.19. The van der Waals surface area contributed by atoms with Crippen LogP contribution in [0, 0.1) is 11.3 Å². The first-order chi connectivity index (χ1) is 9.49. The summed E-state index contributed by atoms with van der Waals surface area (Å²) in [5.41, 5.74) is 1.74. The average molecular weight is 273 g/mol. The zero-order chi connectivity index (χ0) is 14.5. The lowest BCUT2D eigenvalue weighted by Crippen LogP contribution is -2.41. The molecule has 2 aliphatic heterocycles. The molecule has 0 spiro atoms. The van der Waals surface area contributed by atoms with Gasteiger partial charge in [-0.3, -0.25) is 4.90 Å². The first kappa shape index (κ1) is 13.9. The van der Waals surface area contributed by atoms with Gasteiger partial charge < -0.3 is 5.32 Å². The van der Waals surface area contributed by atoms with Crippen LogP contribution in [0.25, 0.3) is 0 Å². The fourth-order valence-electron chi connectivity index (χ4n) is 4.57. The molecule has 1 aromatic rings. The van der Waals surface area contributed by atoms with Gasteiger partial charge in [-0.1, -0.05) is 40.7 Å². The summed E-state index contributed by atoms with van der Waals surface area (Å²) in [4.78, 5) is 7.20. The normalized spacial score (nSPS) is 32.9. The van der Waals surface area contributed by atoms with Crippen molar-refractivity contribution in [1.29, 1.82) is 0 Å². The van der Waals surface area contributed by atoms with Gasteiger partial charge in [0.1, 0.15) is 5.82 Å². The Hall–Kier alpha value is -1.09. The third-order valence-electron chi connectivity index (χ3n) is 5.19. The summed E-state index contributed by atoms with van der Waals surface area (Å²) >= 11 is 0. The van der Waals surface area contributed by atoms with Crippen LogP contribution in [0.15, 0.2) is 18.3 Å². The number of anilines is 1. The van der Waals surface area contributed by atoms with Crippen molar-refractivity contribution < 1.29 is 0 Å². The molecule has 3 rings (SSSR count). The van der Waals surface area contributed by atoms with E-state index in [9.17, 15) is 0 Å². The summed E-state index contributed by atoms with van der Waals surface area (Å²) in [6.07, 6.45) is 3.55. The van der Waals surface area contributed by atoms with E-state index in [-0.39, 0.29) is 0 Å². The first-order valence-corrected chi connectivity index (χ1v) is 7.96. The maximum atomic E-state index is 4.54. The summed E-state index contributed by atoms with van der Waals surface area (Å²) in [5, 5.41) is 3.68. The van der Waals surface area contributed by atoms with Crippen molar-refractivity contribution in [1.82, 2.24) is 9.88 Å². The van der Waals surface area contributed by atoms with Crippen molar-refractivity contribution >= 4 is 5.82 Å². The van der Waals surface area contributed by atoms with E-state index in [1.165, 1.54) is 12.0 Å². The van der Waals surface area contributed by atoms with Crippen molar-refractivity contribution in [2.75, 3.05) is 11.9 Å². The molecular weight excluding hydrogens is 246 g/mol. The van der Waals surface area contributed by atoms with Crippen LogP contribution in [-0.4, -0.2) is 28.6 Å². The van der Waals surface area contributed by atoms with E-state index in [4.69, 9.17) is 0 Å². The molecule has 0 radical (unpaired) electrons. The topological polar surface area (TPSA) is 28.2 Å². The fourth-order valence-corrected chi connectivity index (χ4v) is 4.57. The van der Waals surface area contributed by atoms with Gasteiger partial charge in [-0.25, -0.2) is 4.98 Å². The van der Waals surface area contributed by atoms with Crippen LogP contribution in [0.5, 0.6) is 0 Å². The number of aromatic nitrogens is 1. The second kappa shape index (κ2) is 4.73. The highest BCUT2D eigenvalue weighted by Gasteiger charge is 2.55. The second-order valence-electron chi connectivity index (χ2n) is 7.25. The van der Waals surface area contributed by atoms with Crippen molar-refractivity contribution in [2.45, 2.75) is 59.2 Å². The highest BCUT2D eigenvalue weighted by Crippen LogP contribution is 2.54. The maximum Gasteiger partial charge on any atom is 0.130 e. The predicted octanol–water partition coefficient (Wildman–Crippen LogP) is 3.69. The van der Waals surface area contributed by atoms with Gasteiger partial charge >= 0.3 is 0 Å². The zero-order valence-corrected chi connectivity index (χ0v) is 13.4. The van der Waals surface area contributed by atoms with Crippen LogP contribution < -0.4 is 5.32 Å².